The average Bonchev–Trinajstić information content (AvgIpc) is 2.28. The Morgan fingerprint density at radius 3 is 2.67 bits per heavy atom. The van der Waals surface area contributed by atoms with Gasteiger partial charge in [0.15, 0.2) is 0 Å². The lowest BCUT2D eigenvalue weighted by atomic mass is 9.87. The van der Waals surface area contributed by atoms with Gasteiger partial charge in [-0.1, -0.05) is 38.2 Å². The highest BCUT2D eigenvalue weighted by Crippen LogP contribution is 2.25. The maximum atomic E-state index is 11.2. The maximum absolute atomic E-state index is 11.2. The van der Waals surface area contributed by atoms with Crippen molar-refractivity contribution >= 4 is 6.03 Å². The molecule has 3 nitrogen and oxygen atoms in total. The number of urea groups is 1. The summed E-state index contributed by atoms with van der Waals surface area (Å²) in [5.74, 6) is 0.832. The molecule has 0 saturated heterocycles. The lowest BCUT2D eigenvalue weighted by Crippen LogP contribution is -2.36. The summed E-state index contributed by atoms with van der Waals surface area (Å²) in [5.41, 5.74) is 0. The Balaban J connectivity index is 1.99. The highest BCUT2D eigenvalue weighted by molar-refractivity contribution is 5.73. The highest BCUT2D eigenvalue weighted by atomic mass is 16.2. The maximum Gasteiger partial charge on any atom is 0.315 e. The third-order valence-corrected chi connectivity index (χ3v) is 2.97. The minimum atomic E-state index is -0.0780. The number of nitrogens with one attached hydrogen (secondary N) is 2. The fourth-order valence-electron chi connectivity index (χ4n) is 2.09. The molecule has 0 unspecified atom stereocenters. The molecule has 15 heavy (non-hydrogen) atoms. The van der Waals surface area contributed by atoms with Gasteiger partial charge in [-0.05, 0) is 12.3 Å². The molecule has 86 valence electrons. The van der Waals surface area contributed by atoms with E-state index in [9.17, 15) is 4.79 Å². The van der Waals surface area contributed by atoms with Crippen LogP contribution in [0.15, 0.2) is 12.7 Å². The lowest BCUT2D eigenvalue weighted by molar-refractivity contribution is 0.240. The van der Waals surface area contributed by atoms with Crippen LogP contribution in [-0.4, -0.2) is 19.1 Å². The molecular weight excluding hydrogens is 188 g/mol. The molecule has 1 saturated carbocycles. The second-order valence-corrected chi connectivity index (χ2v) is 4.22. The first-order valence-electron chi connectivity index (χ1n) is 5.95. The van der Waals surface area contributed by atoms with Gasteiger partial charge in [0.2, 0.25) is 0 Å². The van der Waals surface area contributed by atoms with Crippen molar-refractivity contribution in [2.45, 2.75) is 38.5 Å². The third-order valence-electron chi connectivity index (χ3n) is 2.97. The van der Waals surface area contributed by atoms with Gasteiger partial charge in [0.25, 0.3) is 0 Å². The molecule has 2 amide bonds. The normalized spacial score (nSPS) is 17.1. The summed E-state index contributed by atoms with van der Waals surface area (Å²) in [7, 11) is 0. The Labute approximate surface area is 92.3 Å². The molecule has 0 aromatic carbocycles. The SMILES string of the molecule is C=CCNC(=O)NCCC1CCCCC1. The highest BCUT2D eigenvalue weighted by Gasteiger charge is 2.12. The van der Waals surface area contributed by atoms with Crippen molar-refractivity contribution in [3.05, 3.63) is 12.7 Å². The molecule has 0 atom stereocenters. The quantitative estimate of drug-likeness (QED) is 0.672. The van der Waals surface area contributed by atoms with Crippen LogP contribution in [0.2, 0.25) is 0 Å². The lowest BCUT2D eigenvalue weighted by Gasteiger charge is -2.21. The predicted molar refractivity (Wildman–Crippen MR) is 62.8 cm³/mol. The van der Waals surface area contributed by atoms with E-state index in [0.29, 0.717) is 6.54 Å². The van der Waals surface area contributed by atoms with Gasteiger partial charge in [-0.3, -0.25) is 0 Å². The summed E-state index contributed by atoms with van der Waals surface area (Å²) < 4.78 is 0. The first-order valence-corrected chi connectivity index (χ1v) is 5.95. The van der Waals surface area contributed by atoms with Crippen LogP contribution in [0.1, 0.15) is 38.5 Å². The summed E-state index contributed by atoms with van der Waals surface area (Å²) in [5, 5.41) is 5.57. The van der Waals surface area contributed by atoms with Gasteiger partial charge in [-0.25, -0.2) is 4.79 Å². The first-order chi connectivity index (χ1) is 7.33. The molecule has 0 radical (unpaired) electrons. The van der Waals surface area contributed by atoms with E-state index in [4.69, 9.17) is 0 Å². The van der Waals surface area contributed by atoms with E-state index in [1.54, 1.807) is 6.08 Å². The third kappa shape index (κ3) is 5.45. The molecule has 0 aliphatic heterocycles. The molecule has 0 spiro atoms. The molecule has 1 fully saturated rings. The molecule has 1 rings (SSSR count). The zero-order chi connectivity index (χ0) is 10.9. The minimum Gasteiger partial charge on any atom is -0.338 e. The minimum absolute atomic E-state index is 0.0780. The van der Waals surface area contributed by atoms with Crippen LogP contribution in [0.4, 0.5) is 4.79 Å². The van der Waals surface area contributed by atoms with Crippen LogP contribution in [0.5, 0.6) is 0 Å². The van der Waals surface area contributed by atoms with Crippen LogP contribution in [0.25, 0.3) is 0 Å². The van der Waals surface area contributed by atoms with Gasteiger partial charge in [0, 0.05) is 13.1 Å². The molecule has 0 aromatic rings. The largest absolute Gasteiger partial charge is 0.338 e. The second kappa shape index (κ2) is 7.32. The molecule has 1 aliphatic carbocycles. The number of hydrogen-bond acceptors (Lipinski definition) is 1. The van der Waals surface area contributed by atoms with E-state index < -0.39 is 0 Å². The number of rotatable bonds is 5. The standard InChI is InChI=1S/C12H22N2O/c1-2-9-13-12(15)14-10-8-11-6-4-3-5-7-11/h2,11H,1,3-10H2,(H2,13,14,15). The fourth-order valence-corrected chi connectivity index (χ4v) is 2.09. The van der Waals surface area contributed by atoms with E-state index >= 15 is 0 Å². The summed E-state index contributed by atoms with van der Waals surface area (Å²) in [6.45, 7) is 4.88. The molecule has 1 aliphatic rings. The van der Waals surface area contributed by atoms with Crippen LogP contribution >= 0.6 is 0 Å². The molecule has 2 N–H and O–H groups in total. The summed E-state index contributed by atoms with van der Waals surface area (Å²) in [4.78, 5) is 11.2. The van der Waals surface area contributed by atoms with Gasteiger partial charge in [0.05, 0.1) is 0 Å². The topological polar surface area (TPSA) is 41.1 Å². The molecule has 0 bridgehead atoms. The number of carbonyl (C=O) groups is 1. The van der Waals surface area contributed by atoms with E-state index in [1.807, 2.05) is 0 Å². The van der Waals surface area contributed by atoms with Gasteiger partial charge >= 0.3 is 6.03 Å². The Kier molecular flexibility index (Phi) is 5.90. The summed E-state index contributed by atoms with van der Waals surface area (Å²) in [6, 6.07) is -0.0780. The van der Waals surface area contributed by atoms with Crippen LogP contribution in [-0.2, 0) is 0 Å². The van der Waals surface area contributed by atoms with Gasteiger partial charge < -0.3 is 10.6 Å². The Hall–Kier alpha value is -0.990. The van der Waals surface area contributed by atoms with Crippen molar-refractivity contribution in [2.24, 2.45) is 5.92 Å². The van der Waals surface area contributed by atoms with Crippen LogP contribution in [0.3, 0.4) is 0 Å². The van der Waals surface area contributed by atoms with Crippen molar-refractivity contribution < 1.29 is 4.79 Å². The zero-order valence-electron chi connectivity index (χ0n) is 9.43. The van der Waals surface area contributed by atoms with Crippen molar-refractivity contribution in [2.75, 3.05) is 13.1 Å². The van der Waals surface area contributed by atoms with Crippen LogP contribution in [0, 0.1) is 5.92 Å². The smallest absolute Gasteiger partial charge is 0.315 e. The van der Waals surface area contributed by atoms with Crippen molar-refractivity contribution in [3.8, 4) is 0 Å². The molecule has 3 heteroatoms. The van der Waals surface area contributed by atoms with E-state index in [-0.39, 0.29) is 6.03 Å². The van der Waals surface area contributed by atoms with E-state index in [2.05, 4.69) is 17.2 Å². The van der Waals surface area contributed by atoms with Crippen molar-refractivity contribution in [1.82, 2.24) is 10.6 Å². The van der Waals surface area contributed by atoms with E-state index in [0.717, 1.165) is 18.9 Å². The predicted octanol–water partition coefficient (Wildman–Crippen LogP) is 2.44. The van der Waals surface area contributed by atoms with Gasteiger partial charge in [0.1, 0.15) is 0 Å². The van der Waals surface area contributed by atoms with Crippen molar-refractivity contribution in [3.63, 3.8) is 0 Å². The number of amides is 2. The Morgan fingerprint density at radius 1 is 1.27 bits per heavy atom. The monoisotopic (exact) mass is 210 g/mol. The Morgan fingerprint density at radius 2 is 2.00 bits per heavy atom. The number of hydrogen-bond donors (Lipinski definition) is 2. The van der Waals surface area contributed by atoms with Gasteiger partial charge in [-0.2, -0.15) is 0 Å². The van der Waals surface area contributed by atoms with Gasteiger partial charge in [-0.15, -0.1) is 6.58 Å². The molecular formula is C12H22N2O. The summed E-state index contributed by atoms with van der Waals surface area (Å²) in [6.07, 6.45) is 9.62. The van der Waals surface area contributed by atoms with Crippen molar-refractivity contribution in [1.29, 1.82) is 0 Å². The second-order valence-electron chi connectivity index (χ2n) is 4.22. The zero-order valence-corrected chi connectivity index (χ0v) is 9.43. The van der Waals surface area contributed by atoms with Crippen LogP contribution < -0.4 is 10.6 Å². The van der Waals surface area contributed by atoms with E-state index in [1.165, 1.54) is 32.1 Å². The summed E-state index contributed by atoms with van der Waals surface area (Å²) >= 11 is 0. The fraction of sp³-hybridized carbons (Fsp3) is 0.750. The average molecular weight is 210 g/mol. The molecule has 0 heterocycles. The first kappa shape index (κ1) is 12.1. The Bertz CT molecular complexity index is 198. The molecule has 0 aromatic heterocycles. The number of carbonyl (C=O) groups excluding carboxylic acids is 1.